The number of rotatable bonds is 3. The zero-order valence-corrected chi connectivity index (χ0v) is 10.4. The van der Waals surface area contributed by atoms with Crippen molar-refractivity contribution in [2.45, 2.75) is 18.9 Å². The fraction of sp³-hybridized carbons (Fsp3) is 0.400. The van der Waals surface area contributed by atoms with Gasteiger partial charge in [-0.25, -0.2) is 5.84 Å². The highest BCUT2D eigenvalue weighted by molar-refractivity contribution is 6.01. The normalized spacial score (nSPS) is 19.5. The molecule has 19 heavy (non-hydrogen) atoms. The number of piperidine rings is 1. The highest BCUT2D eigenvalue weighted by Gasteiger charge is 2.31. The predicted molar refractivity (Wildman–Crippen MR) is 68.7 cm³/mol. The smallest absolute Gasteiger partial charge is 0.251 e. The van der Waals surface area contributed by atoms with Gasteiger partial charge in [0.2, 0.25) is 11.9 Å². The first-order valence-electron chi connectivity index (χ1n) is 5.69. The van der Waals surface area contributed by atoms with E-state index in [0.717, 1.165) is 4.90 Å². The fourth-order valence-electron chi connectivity index (χ4n) is 1.84. The van der Waals surface area contributed by atoms with E-state index in [1.54, 1.807) is 0 Å². The minimum Gasteiger partial charge on any atom is -0.368 e. The van der Waals surface area contributed by atoms with Gasteiger partial charge in [-0.05, 0) is 6.42 Å². The Labute approximate surface area is 109 Å². The van der Waals surface area contributed by atoms with Crippen molar-refractivity contribution in [2.24, 2.45) is 5.84 Å². The number of carbonyl (C=O) groups excluding carboxylic acids is 2. The van der Waals surface area contributed by atoms with E-state index in [2.05, 4.69) is 20.7 Å². The molecule has 1 fully saturated rings. The number of likely N-dealkylation sites (N-methyl/N-ethyl adjacent to an activating group) is 1. The van der Waals surface area contributed by atoms with E-state index in [1.807, 2.05) is 0 Å². The summed E-state index contributed by atoms with van der Waals surface area (Å²) in [6, 6.07) is 1.02. The number of anilines is 3. The number of amides is 2. The molecule has 1 aliphatic rings. The summed E-state index contributed by atoms with van der Waals surface area (Å²) in [5.41, 5.74) is 7.87. The monoisotopic (exact) mass is 265 g/mol. The Morgan fingerprint density at radius 2 is 2.05 bits per heavy atom. The third kappa shape index (κ3) is 2.71. The van der Waals surface area contributed by atoms with E-state index in [0.29, 0.717) is 24.5 Å². The molecular formula is C10H15N7O2. The van der Waals surface area contributed by atoms with Crippen LogP contribution < -0.4 is 22.3 Å². The summed E-state index contributed by atoms with van der Waals surface area (Å²) in [7, 11) is 1.46. The maximum atomic E-state index is 11.9. The SMILES string of the molecule is CN1C(=O)CCC(Nc2cc(NN)nc(N)n2)C1=O. The Bertz CT molecular complexity index is 519. The molecule has 0 radical (unpaired) electrons. The molecule has 9 heteroatoms. The van der Waals surface area contributed by atoms with Gasteiger partial charge in [-0.2, -0.15) is 9.97 Å². The van der Waals surface area contributed by atoms with Crippen LogP contribution in [0.1, 0.15) is 12.8 Å². The van der Waals surface area contributed by atoms with E-state index in [9.17, 15) is 9.59 Å². The Kier molecular flexibility index (Phi) is 3.47. The first kappa shape index (κ1) is 13.0. The molecule has 9 nitrogen and oxygen atoms in total. The molecule has 1 unspecified atom stereocenters. The van der Waals surface area contributed by atoms with Crippen LogP contribution >= 0.6 is 0 Å². The molecule has 2 heterocycles. The summed E-state index contributed by atoms with van der Waals surface area (Å²) in [5.74, 6) is 5.51. The van der Waals surface area contributed by atoms with Gasteiger partial charge in [0.05, 0.1) is 0 Å². The zero-order chi connectivity index (χ0) is 14.0. The van der Waals surface area contributed by atoms with Crippen LogP contribution in [0.5, 0.6) is 0 Å². The molecule has 1 saturated heterocycles. The number of nitrogens with zero attached hydrogens (tertiary/aromatic N) is 3. The number of imide groups is 1. The molecule has 0 spiro atoms. The topological polar surface area (TPSA) is 139 Å². The molecule has 0 saturated carbocycles. The molecule has 6 N–H and O–H groups in total. The Hall–Kier alpha value is -2.42. The summed E-state index contributed by atoms with van der Waals surface area (Å²) in [4.78, 5) is 32.2. The van der Waals surface area contributed by atoms with Crippen LogP contribution in [0.4, 0.5) is 17.6 Å². The maximum absolute atomic E-state index is 11.9. The Balaban J connectivity index is 2.15. The van der Waals surface area contributed by atoms with Gasteiger partial charge < -0.3 is 16.5 Å². The average Bonchev–Trinajstić information content (AvgIpc) is 2.39. The van der Waals surface area contributed by atoms with Gasteiger partial charge in [0, 0.05) is 19.5 Å². The second-order valence-corrected chi connectivity index (χ2v) is 4.17. The summed E-state index contributed by atoms with van der Waals surface area (Å²) >= 11 is 0. The highest BCUT2D eigenvalue weighted by atomic mass is 16.2. The third-order valence-corrected chi connectivity index (χ3v) is 2.86. The van der Waals surface area contributed by atoms with E-state index in [-0.39, 0.29) is 17.8 Å². The van der Waals surface area contributed by atoms with Crippen molar-refractivity contribution in [3.05, 3.63) is 6.07 Å². The molecule has 1 aliphatic heterocycles. The summed E-state index contributed by atoms with van der Waals surface area (Å²) in [6.07, 6.45) is 0.722. The van der Waals surface area contributed by atoms with E-state index < -0.39 is 6.04 Å². The molecule has 0 aliphatic carbocycles. The second kappa shape index (κ2) is 5.06. The van der Waals surface area contributed by atoms with Crippen molar-refractivity contribution in [3.8, 4) is 0 Å². The first-order chi connectivity index (χ1) is 9.01. The number of aromatic nitrogens is 2. The summed E-state index contributed by atoms with van der Waals surface area (Å²) in [5, 5.41) is 2.93. The average molecular weight is 265 g/mol. The lowest BCUT2D eigenvalue weighted by atomic mass is 10.0. The largest absolute Gasteiger partial charge is 0.368 e. The van der Waals surface area contributed by atoms with Crippen molar-refractivity contribution < 1.29 is 9.59 Å². The zero-order valence-electron chi connectivity index (χ0n) is 10.4. The van der Waals surface area contributed by atoms with E-state index in [4.69, 9.17) is 11.6 Å². The van der Waals surface area contributed by atoms with Gasteiger partial charge in [0.1, 0.15) is 17.7 Å². The molecule has 0 aromatic carbocycles. The molecule has 2 amide bonds. The number of nitrogen functional groups attached to an aromatic ring is 2. The number of nitrogens with one attached hydrogen (secondary N) is 2. The second-order valence-electron chi connectivity index (χ2n) is 4.17. The number of carbonyl (C=O) groups is 2. The van der Waals surface area contributed by atoms with Crippen LogP contribution in [0.25, 0.3) is 0 Å². The quantitative estimate of drug-likeness (QED) is 0.307. The predicted octanol–water partition coefficient (Wildman–Crippen LogP) is -1.10. The van der Waals surface area contributed by atoms with E-state index >= 15 is 0 Å². The Morgan fingerprint density at radius 3 is 2.74 bits per heavy atom. The first-order valence-corrected chi connectivity index (χ1v) is 5.69. The molecule has 1 aromatic rings. The lowest BCUT2D eigenvalue weighted by molar-refractivity contribution is -0.146. The van der Waals surface area contributed by atoms with Crippen LogP contribution in [0.3, 0.4) is 0 Å². The van der Waals surface area contributed by atoms with Crippen molar-refractivity contribution in [3.63, 3.8) is 0 Å². The van der Waals surface area contributed by atoms with E-state index in [1.165, 1.54) is 13.1 Å². The molecule has 0 bridgehead atoms. The minimum atomic E-state index is -0.511. The van der Waals surface area contributed by atoms with Gasteiger partial charge >= 0.3 is 0 Å². The van der Waals surface area contributed by atoms with Gasteiger partial charge in [0.25, 0.3) is 5.91 Å². The van der Waals surface area contributed by atoms with Crippen LogP contribution in [0, 0.1) is 0 Å². The molecular weight excluding hydrogens is 250 g/mol. The van der Waals surface area contributed by atoms with Crippen molar-refractivity contribution >= 4 is 29.4 Å². The summed E-state index contributed by atoms with van der Waals surface area (Å²) in [6.45, 7) is 0. The third-order valence-electron chi connectivity index (χ3n) is 2.86. The van der Waals surface area contributed by atoms with Gasteiger partial charge in [-0.15, -0.1) is 0 Å². The van der Waals surface area contributed by atoms with Gasteiger partial charge in [-0.3, -0.25) is 14.5 Å². The van der Waals surface area contributed by atoms with Crippen LogP contribution in [-0.4, -0.2) is 39.8 Å². The number of nitrogens with two attached hydrogens (primary N) is 2. The highest BCUT2D eigenvalue weighted by Crippen LogP contribution is 2.18. The van der Waals surface area contributed by atoms with Crippen LogP contribution in [-0.2, 0) is 9.59 Å². The standard InChI is InChI=1S/C10H15N7O2/c1-17-8(18)3-2-5(9(17)19)13-6-4-7(16-12)15-10(11)14-6/h4-5H,2-3,12H2,1H3,(H4,11,13,14,15,16). The number of hydrogen-bond acceptors (Lipinski definition) is 8. The molecule has 1 aromatic heterocycles. The van der Waals surface area contributed by atoms with Crippen LogP contribution in [0.2, 0.25) is 0 Å². The maximum Gasteiger partial charge on any atom is 0.251 e. The lowest BCUT2D eigenvalue weighted by Gasteiger charge is -2.28. The van der Waals surface area contributed by atoms with Gasteiger partial charge in [0.15, 0.2) is 0 Å². The summed E-state index contributed by atoms with van der Waals surface area (Å²) < 4.78 is 0. The van der Waals surface area contributed by atoms with Crippen molar-refractivity contribution in [2.75, 3.05) is 23.5 Å². The van der Waals surface area contributed by atoms with Crippen molar-refractivity contribution in [1.29, 1.82) is 0 Å². The number of hydrogen-bond donors (Lipinski definition) is 4. The molecule has 2 rings (SSSR count). The molecule has 1 atom stereocenters. The Morgan fingerprint density at radius 1 is 1.37 bits per heavy atom. The molecule has 102 valence electrons. The van der Waals surface area contributed by atoms with Crippen LogP contribution in [0.15, 0.2) is 6.07 Å². The lowest BCUT2D eigenvalue weighted by Crippen LogP contribution is -2.48. The number of hydrazine groups is 1. The fourth-order valence-corrected chi connectivity index (χ4v) is 1.84. The van der Waals surface area contributed by atoms with Crippen molar-refractivity contribution in [1.82, 2.24) is 14.9 Å². The number of likely N-dealkylation sites (tertiary alicyclic amines) is 1. The van der Waals surface area contributed by atoms with Gasteiger partial charge in [-0.1, -0.05) is 0 Å². The minimum absolute atomic E-state index is 0.0330.